The third-order valence-electron chi connectivity index (χ3n) is 9.01. The summed E-state index contributed by atoms with van der Waals surface area (Å²) in [6.45, 7) is 2.94. The summed E-state index contributed by atoms with van der Waals surface area (Å²) in [7, 11) is 3.70. The van der Waals surface area contributed by atoms with E-state index in [1.165, 1.54) is 0 Å². The van der Waals surface area contributed by atoms with Gasteiger partial charge in [0, 0.05) is 49.7 Å². The van der Waals surface area contributed by atoms with Crippen LogP contribution in [0.3, 0.4) is 0 Å². The molecule has 48 heavy (non-hydrogen) atoms. The molecule has 3 heterocycles. The zero-order chi connectivity index (χ0) is 33.5. The predicted molar refractivity (Wildman–Crippen MR) is 184 cm³/mol. The molecule has 2 aliphatic rings. The fraction of sp³-hybridized carbons (Fsp3) is 0.361. The molecule has 4 aromatic rings. The largest absolute Gasteiger partial charge is 0.497 e. The molecule has 12 heteroatoms. The first kappa shape index (κ1) is 32.5. The van der Waals surface area contributed by atoms with Gasteiger partial charge in [-0.1, -0.05) is 54.6 Å². The number of methoxy groups -OCH3 is 1. The van der Waals surface area contributed by atoms with Crippen LogP contribution in [0.2, 0.25) is 0 Å². The number of nitrogens with zero attached hydrogens (tertiary/aromatic N) is 6. The zero-order valence-electron chi connectivity index (χ0n) is 27.3. The number of benzene rings is 3. The topological polar surface area (TPSA) is 136 Å². The third kappa shape index (κ3) is 7.58. The van der Waals surface area contributed by atoms with Crippen LogP contribution in [0.25, 0.3) is 10.8 Å². The fourth-order valence-electron chi connectivity index (χ4n) is 6.31. The summed E-state index contributed by atoms with van der Waals surface area (Å²) in [6.07, 6.45) is 1.86. The minimum Gasteiger partial charge on any atom is -0.497 e. The molecule has 12 nitrogen and oxygen atoms in total. The van der Waals surface area contributed by atoms with Crippen LogP contribution in [0.4, 0.5) is 22.2 Å². The van der Waals surface area contributed by atoms with Gasteiger partial charge in [-0.3, -0.25) is 4.79 Å². The molecular formula is C36H40N8O4. The van der Waals surface area contributed by atoms with Crippen molar-refractivity contribution < 1.29 is 19.1 Å². The van der Waals surface area contributed by atoms with Gasteiger partial charge in [-0.15, -0.1) is 0 Å². The van der Waals surface area contributed by atoms with Crippen molar-refractivity contribution in [2.45, 2.75) is 38.0 Å². The van der Waals surface area contributed by atoms with E-state index in [4.69, 9.17) is 14.5 Å². The minimum absolute atomic E-state index is 0.122. The number of carbonyl (C=O) groups is 2. The number of nitriles is 1. The molecule has 248 valence electrons. The number of aromatic nitrogens is 2. The van der Waals surface area contributed by atoms with Crippen LogP contribution >= 0.6 is 0 Å². The highest BCUT2D eigenvalue weighted by molar-refractivity contribution is 6.09. The van der Waals surface area contributed by atoms with Crippen molar-refractivity contribution in [1.29, 1.82) is 5.26 Å². The summed E-state index contributed by atoms with van der Waals surface area (Å²) in [5.41, 5.74) is 1.68. The molecule has 0 bridgehead atoms. The van der Waals surface area contributed by atoms with Crippen molar-refractivity contribution in [3.63, 3.8) is 0 Å². The van der Waals surface area contributed by atoms with Gasteiger partial charge in [-0.25, -0.2) is 9.78 Å². The summed E-state index contributed by atoms with van der Waals surface area (Å²) in [5, 5.41) is 17.9. The summed E-state index contributed by atoms with van der Waals surface area (Å²) < 4.78 is 11.1. The van der Waals surface area contributed by atoms with Crippen molar-refractivity contribution in [3.05, 3.63) is 84.1 Å². The molecule has 2 aliphatic heterocycles. The van der Waals surface area contributed by atoms with E-state index in [1.807, 2.05) is 65.6 Å². The van der Waals surface area contributed by atoms with Gasteiger partial charge in [-0.2, -0.15) is 10.2 Å². The summed E-state index contributed by atoms with van der Waals surface area (Å²) in [4.78, 5) is 42.3. The Morgan fingerprint density at radius 1 is 1.00 bits per heavy atom. The van der Waals surface area contributed by atoms with Crippen molar-refractivity contribution >= 4 is 40.2 Å². The van der Waals surface area contributed by atoms with E-state index in [0.717, 1.165) is 35.7 Å². The number of ether oxygens (including phenoxy) is 2. The molecule has 1 aromatic heterocycles. The van der Waals surface area contributed by atoms with Crippen LogP contribution in [-0.2, 0) is 11.3 Å². The molecule has 0 radical (unpaired) electrons. The Balaban J connectivity index is 1.24. The summed E-state index contributed by atoms with van der Waals surface area (Å²) >= 11 is 0. The normalized spacial score (nSPS) is 17.9. The third-order valence-corrected chi connectivity index (χ3v) is 9.01. The van der Waals surface area contributed by atoms with Crippen molar-refractivity contribution in [3.8, 4) is 11.8 Å². The number of piperazine rings is 1. The maximum absolute atomic E-state index is 13.8. The standard InChI is InChI=1S/C36H40N8O4/c1-42-16-8-12-27(42)22-38-35-40-32(34(45)39-31-20-29(47-2)19-26-11-6-7-13-30(26)31)21-33(41-35)43-17-18-44(28(23-43)14-15-37)36(46)48-24-25-9-4-3-5-10-25/h3-7,9-11,13,19-21,27-28H,8,12,14,16-18,22-24H2,1-2H3,(H,39,45)(H,38,40,41)/t27?,28-/m0/s1. The molecule has 2 amide bonds. The van der Waals surface area contributed by atoms with Gasteiger partial charge in [0.25, 0.3) is 5.91 Å². The van der Waals surface area contributed by atoms with Gasteiger partial charge in [0.1, 0.15) is 23.9 Å². The van der Waals surface area contributed by atoms with E-state index >= 15 is 0 Å². The van der Waals surface area contributed by atoms with Crippen LogP contribution in [0.1, 0.15) is 35.3 Å². The molecule has 0 saturated carbocycles. The van der Waals surface area contributed by atoms with Crippen LogP contribution < -0.4 is 20.3 Å². The molecule has 0 spiro atoms. The number of fused-ring (bicyclic) bond motifs is 1. The van der Waals surface area contributed by atoms with Gasteiger partial charge in [0.15, 0.2) is 0 Å². The second-order valence-electron chi connectivity index (χ2n) is 12.1. The van der Waals surface area contributed by atoms with Crippen LogP contribution in [0.15, 0.2) is 72.8 Å². The lowest BCUT2D eigenvalue weighted by molar-refractivity contribution is 0.0768. The first-order valence-electron chi connectivity index (χ1n) is 16.2. The maximum Gasteiger partial charge on any atom is 0.410 e. The first-order valence-corrected chi connectivity index (χ1v) is 16.2. The summed E-state index contributed by atoms with van der Waals surface area (Å²) in [5.74, 6) is 1.11. The number of rotatable bonds is 10. The Bertz CT molecular complexity index is 1800. The van der Waals surface area contributed by atoms with Crippen molar-refractivity contribution in [1.82, 2.24) is 19.8 Å². The number of anilines is 3. The van der Waals surface area contributed by atoms with E-state index in [1.54, 1.807) is 24.1 Å². The molecular weight excluding hydrogens is 608 g/mol. The van der Waals surface area contributed by atoms with Crippen molar-refractivity contribution in [2.75, 3.05) is 62.4 Å². The predicted octanol–water partition coefficient (Wildman–Crippen LogP) is 5.14. The Hall–Kier alpha value is -5.41. The number of hydrogen-bond donors (Lipinski definition) is 2. The van der Waals surface area contributed by atoms with E-state index in [2.05, 4.69) is 33.6 Å². The maximum atomic E-state index is 13.8. The first-order chi connectivity index (χ1) is 23.4. The fourth-order valence-corrected chi connectivity index (χ4v) is 6.31. The van der Waals surface area contributed by atoms with Gasteiger partial charge >= 0.3 is 6.09 Å². The van der Waals surface area contributed by atoms with Gasteiger partial charge < -0.3 is 34.8 Å². The quantitative estimate of drug-likeness (QED) is 0.238. The molecule has 2 N–H and O–H groups in total. The number of likely N-dealkylation sites (tertiary alicyclic amines) is 1. The Kier molecular flexibility index (Phi) is 10.2. The average molecular weight is 649 g/mol. The average Bonchev–Trinajstić information content (AvgIpc) is 3.54. The SMILES string of the molecule is COc1cc(NC(=O)c2cc(N3CCN(C(=O)OCc4ccccc4)[C@@H](CC#N)C3)nc(NCC3CCCN3C)n2)c2ccccc2c1. The van der Waals surface area contributed by atoms with Gasteiger partial charge in [0.05, 0.1) is 31.3 Å². The molecule has 1 unspecified atom stereocenters. The number of nitrogens with one attached hydrogen (secondary N) is 2. The molecule has 2 fully saturated rings. The van der Waals surface area contributed by atoms with E-state index < -0.39 is 18.0 Å². The lowest BCUT2D eigenvalue weighted by Crippen LogP contribution is -2.55. The van der Waals surface area contributed by atoms with Crippen LogP contribution in [-0.4, -0.2) is 90.7 Å². The highest BCUT2D eigenvalue weighted by atomic mass is 16.6. The lowest BCUT2D eigenvalue weighted by Gasteiger charge is -2.40. The lowest BCUT2D eigenvalue weighted by atomic mass is 10.1. The van der Waals surface area contributed by atoms with E-state index in [9.17, 15) is 14.9 Å². The second kappa shape index (κ2) is 15.0. The van der Waals surface area contributed by atoms with E-state index in [-0.39, 0.29) is 18.7 Å². The van der Waals surface area contributed by atoms with Crippen molar-refractivity contribution in [2.24, 2.45) is 0 Å². The minimum atomic E-state index is -0.463. The van der Waals surface area contributed by atoms with Gasteiger partial charge in [-0.05, 0) is 43.5 Å². The molecule has 6 rings (SSSR count). The van der Waals surface area contributed by atoms with E-state index in [0.29, 0.717) is 55.4 Å². The van der Waals surface area contributed by atoms with Crippen LogP contribution in [0.5, 0.6) is 5.75 Å². The highest BCUT2D eigenvalue weighted by Crippen LogP contribution is 2.30. The molecule has 2 atom stereocenters. The number of hydrogen-bond acceptors (Lipinski definition) is 10. The number of carbonyl (C=O) groups excluding carboxylic acids is 2. The number of likely N-dealkylation sites (N-methyl/N-ethyl adjacent to an activating group) is 1. The van der Waals surface area contributed by atoms with Gasteiger partial charge in [0.2, 0.25) is 5.95 Å². The monoisotopic (exact) mass is 648 g/mol. The second-order valence-corrected chi connectivity index (χ2v) is 12.1. The molecule has 3 aromatic carbocycles. The molecule has 0 aliphatic carbocycles. The zero-order valence-corrected chi connectivity index (χ0v) is 27.3. The smallest absolute Gasteiger partial charge is 0.410 e. The summed E-state index contributed by atoms with van der Waals surface area (Å²) in [6, 6.07) is 24.8. The Morgan fingerprint density at radius 2 is 1.81 bits per heavy atom. The Morgan fingerprint density at radius 3 is 2.58 bits per heavy atom. The van der Waals surface area contributed by atoms with Crippen LogP contribution in [0, 0.1) is 11.3 Å². The Labute approximate surface area is 280 Å². The number of amides is 2. The molecule has 2 saturated heterocycles. The highest BCUT2D eigenvalue weighted by Gasteiger charge is 2.33.